The molecular weight excluding hydrogens is 375 g/mol. The van der Waals surface area contributed by atoms with Gasteiger partial charge in [0, 0.05) is 45.9 Å². The van der Waals surface area contributed by atoms with Crippen LogP contribution in [0, 0.1) is 0 Å². The molecule has 2 fully saturated rings. The maximum Gasteiger partial charge on any atom is 0.573 e. The molecule has 1 amide bonds. The molecule has 1 N–H and O–H groups in total. The van der Waals surface area contributed by atoms with Gasteiger partial charge in [-0.3, -0.25) is 14.6 Å². The van der Waals surface area contributed by atoms with E-state index in [4.69, 9.17) is 4.74 Å². The van der Waals surface area contributed by atoms with Crippen molar-refractivity contribution in [2.24, 2.45) is 0 Å². The van der Waals surface area contributed by atoms with Crippen molar-refractivity contribution in [3.05, 3.63) is 29.8 Å². The highest BCUT2D eigenvalue weighted by molar-refractivity contribution is 5.78. The summed E-state index contributed by atoms with van der Waals surface area (Å²) in [5, 5.41) is 2.93. The van der Waals surface area contributed by atoms with Gasteiger partial charge in [0.05, 0.1) is 12.6 Å². The largest absolute Gasteiger partial charge is 0.573 e. The van der Waals surface area contributed by atoms with E-state index in [0.29, 0.717) is 19.6 Å². The summed E-state index contributed by atoms with van der Waals surface area (Å²) in [4.78, 5) is 16.4. The van der Waals surface area contributed by atoms with Crippen molar-refractivity contribution < 1.29 is 27.4 Å². The van der Waals surface area contributed by atoms with Gasteiger partial charge in [-0.1, -0.05) is 12.1 Å². The maximum absolute atomic E-state index is 12.2. The molecule has 0 spiro atoms. The second kappa shape index (κ2) is 9.58. The summed E-state index contributed by atoms with van der Waals surface area (Å²) < 4.78 is 46.0. The fourth-order valence-electron chi connectivity index (χ4n) is 3.45. The van der Waals surface area contributed by atoms with E-state index < -0.39 is 6.36 Å². The Balaban J connectivity index is 1.35. The summed E-state index contributed by atoms with van der Waals surface area (Å²) in [6.45, 7) is 5.56. The molecule has 3 rings (SSSR count). The van der Waals surface area contributed by atoms with Gasteiger partial charge in [-0.2, -0.15) is 0 Å². The van der Waals surface area contributed by atoms with Crippen molar-refractivity contribution in [2.45, 2.75) is 31.9 Å². The van der Waals surface area contributed by atoms with Gasteiger partial charge in [0.15, 0.2) is 0 Å². The lowest BCUT2D eigenvalue weighted by atomic mass is 10.2. The molecule has 28 heavy (non-hydrogen) atoms. The third-order valence-electron chi connectivity index (χ3n) is 4.95. The molecule has 0 aromatic heterocycles. The van der Waals surface area contributed by atoms with Crippen LogP contribution in [-0.2, 0) is 16.1 Å². The molecule has 1 aromatic carbocycles. The molecule has 156 valence electrons. The van der Waals surface area contributed by atoms with Crippen LogP contribution in [0.1, 0.15) is 18.4 Å². The standard InChI is InChI=1S/C19H26F3N3O3/c20-19(21,22)28-16-5-3-15(4-6-16)13-24-7-9-25(10-8-24)14-18(26)23-12-17-2-1-11-27-17/h3-6,17H,1-2,7-14H2,(H,23,26)/t17-/m0/s1. The van der Waals surface area contributed by atoms with Gasteiger partial charge in [0.25, 0.3) is 0 Å². The minimum absolute atomic E-state index is 0.0178. The van der Waals surface area contributed by atoms with Crippen molar-refractivity contribution in [1.82, 2.24) is 15.1 Å². The van der Waals surface area contributed by atoms with Gasteiger partial charge < -0.3 is 14.8 Å². The summed E-state index contributed by atoms with van der Waals surface area (Å²) >= 11 is 0. The average molecular weight is 401 g/mol. The summed E-state index contributed by atoms with van der Waals surface area (Å²) in [6.07, 6.45) is -2.47. The first-order valence-electron chi connectivity index (χ1n) is 9.55. The second-order valence-electron chi connectivity index (χ2n) is 7.18. The Morgan fingerprint density at radius 2 is 1.82 bits per heavy atom. The van der Waals surface area contributed by atoms with E-state index in [0.717, 1.165) is 51.2 Å². The molecule has 0 saturated carbocycles. The van der Waals surface area contributed by atoms with Gasteiger partial charge in [0.1, 0.15) is 5.75 Å². The number of hydrogen-bond donors (Lipinski definition) is 1. The number of halogens is 3. The van der Waals surface area contributed by atoms with Gasteiger partial charge in [-0.25, -0.2) is 0 Å². The van der Waals surface area contributed by atoms with Gasteiger partial charge in [-0.15, -0.1) is 13.2 Å². The lowest BCUT2D eigenvalue weighted by Gasteiger charge is -2.34. The van der Waals surface area contributed by atoms with Crippen LogP contribution in [-0.4, -0.2) is 74.0 Å². The third kappa shape index (κ3) is 6.96. The van der Waals surface area contributed by atoms with Crippen molar-refractivity contribution in [1.29, 1.82) is 0 Å². The molecule has 1 aromatic rings. The number of carbonyl (C=O) groups excluding carboxylic acids is 1. The van der Waals surface area contributed by atoms with Crippen molar-refractivity contribution in [2.75, 3.05) is 45.9 Å². The van der Waals surface area contributed by atoms with Crippen LogP contribution < -0.4 is 10.1 Å². The Morgan fingerprint density at radius 1 is 1.14 bits per heavy atom. The van der Waals surface area contributed by atoms with E-state index >= 15 is 0 Å². The smallest absolute Gasteiger partial charge is 0.406 e. The fourth-order valence-corrected chi connectivity index (χ4v) is 3.45. The lowest BCUT2D eigenvalue weighted by Crippen LogP contribution is -2.49. The van der Waals surface area contributed by atoms with Crippen molar-refractivity contribution in [3.63, 3.8) is 0 Å². The quantitative estimate of drug-likeness (QED) is 0.758. The zero-order valence-corrected chi connectivity index (χ0v) is 15.7. The number of nitrogens with one attached hydrogen (secondary N) is 1. The van der Waals surface area contributed by atoms with Crippen LogP contribution in [0.2, 0.25) is 0 Å². The summed E-state index contributed by atoms with van der Waals surface area (Å²) in [5.74, 6) is -0.195. The molecule has 2 saturated heterocycles. The average Bonchev–Trinajstić information content (AvgIpc) is 3.16. The number of carbonyl (C=O) groups is 1. The minimum atomic E-state index is -4.67. The number of hydrogen-bond acceptors (Lipinski definition) is 5. The Kier molecular flexibility index (Phi) is 7.14. The molecule has 2 heterocycles. The van der Waals surface area contributed by atoms with E-state index in [1.54, 1.807) is 12.1 Å². The normalized spacial score (nSPS) is 21.6. The number of amides is 1. The molecule has 0 radical (unpaired) electrons. The summed E-state index contributed by atoms with van der Waals surface area (Å²) in [7, 11) is 0. The van der Waals surface area contributed by atoms with E-state index in [9.17, 15) is 18.0 Å². The fraction of sp³-hybridized carbons (Fsp3) is 0.632. The molecular formula is C19H26F3N3O3. The highest BCUT2D eigenvalue weighted by atomic mass is 19.4. The van der Waals surface area contributed by atoms with Crippen LogP contribution in [0.15, 0.2) is 24.3 Å². The number of alkyl halides is 3. The summed E-state index contributed by atoms with van der Waals surface area (Å²) in [6, 6.07) is 5.95. The van der Waals surface area contributed by atoms with Crippen LogP contribution in [0.3, 0.4) is 0 Å². The Morgan fingerprint density at radius 3 is 2.43 bits per heavy atom. The zero-order valence-electron chi connectivity index (χ0n) is 15.7. The SMILES string of the molecule is O=C(CN1CCN(Cc2ccc(OC(F)(F)F)cc2)CC1)NC[C@@H]1CCCO1. The predicted octanol–water partition coefficient (Wildman–Crippen LogP) is 2.00. The van der Waals surface area contributed by atoms with Gasteiger partial charge >= 0.3 is 6.36 Å². The number of nitrogens with zero attached hydrogens (tertiary/aromatic N) is 2. The summed E-state index contributed by atoms with van der Waals surface area (Å²) in [5.41, 5.74) is 0.928. The molecule has 6 nitrogen and oxygen atoms in total. The molecule has 0 bridgehead atoms. The van der Waals surface area contributed by atoms with E-state index in [2.05, 4.69) is 19.9 Å². The highest BCUT2D eigenvalue weighted by Crippen LogP contribution is 2.23. The van der Waals surface area contributed by atoms with Crippen LogP contribution >= 0.6 is 0 Å². The van der Waals surface area contributed by atoms with E-state index in [1.807, 2.05) is 0 Å². The molecule has 2 aliphatic rings. The lowest BCUT2D eigenvalue weighted by molar-refractivity contribution is -0.274. The first-order valence-corrected chi connectivity index (χ1v) is 9.55. The van der Waals surface area contributed by atoms with Crippen LogP contribution in [0.4, 0.5) is 13.2 Å². The first-order chi connectivity index (χ1) is 13.4. The zero-order chi connectivity index (χ0) is 20.0. The molecule has 9 heteroatoms. The highest BCUT2D eigenvalue weighted by Gasteiger charge is 2.31. The number of ether oxygens (including phenoxy) is 2. The van der Waals surface area contributed by atoms with E-state index in [1.165, 1.54) is 12.1 Å². The number of rotatable bonds is 7. The Labute approximate surface area is 162 Å². The van der Waals surface area contributed by atoms with Gasteiger partial charge in [0.2, 0.25) is 5.91 Å². The van der Waals surface area contributed by atoms with Crippen LogP contribution in [0.5, 0.6) is 5.75 Å². The Bertz CT molecular complexity index is 626. The maximum atomic E-state index is 12.2. The van der Waals surface area contributed by atoms with Crippen LogP contribution in [0.25, 0.3) is 0 Å². The molecule has 1 atom stereocenters. The number of benzene rings is 1. The minimum Gasteiger partial charge on any atom is -0.406 e. The van der Waals surface area contributed by atoms with E-state index in [-0.39, 0.29) is 17.8 Å². The molecule has 0 aliphatic carbocycles. The monoisotopic (exact) mass is 401 g/mol. The third-order valence-corrected chi connectivity index (χ3v) is 4.95. The molecule has 2 aliphatic heterocycles. The van der Waals surface area contributed by atoms with Crippen molar-refractivity contribution >= 4 is 5.91 Å². The van der Waals surface area contributed by atoms with Gasteiger partial charge in [-0.05, 0) is 30.5 Å². The Hall–Kier alpha value is -1.84. The predicted molar refractivity (Wildman–Crippen MR) is 96.8 cm³/mol. The first kappa shape index (κ1) is 20.9. The number of piperazine rings is 1. The second-order valence-corrected chi connectivity index (χ2v) is 7.18. The topological polar surface area (TPSA) is 54.0 Å². The van der Waals surface area contributed by atoms with Crippen molar-refractivity contribution in [3.8, 4) is 5.75 Å². The molecule has 0 unspecified atom stereocenters.